The van der Waals surface area contributed by atoms with E-state index in [0.717, 1.165) is 5.56 Å². The Balaban J connectivity index is 2.02. The number of aliphatic carboxylic acids is 1. The molecule has 0 saturated heterocycles. The van der Waals surface area contributed by atoms with Gasteiger partial charge in [-0.1, -0.05) is 62.4 Å². The van der Waals surface area contributed by atoms with Gasteiger partial charge in [-0.25, -0.2) is 9.59 Å². The largest absolute Gasteiger partial charge is 0.480 e. The molecule has 0 fully saturated rings. The highest BCUT2D eigenvalue weighted by atomic mass is 16.5. The van der Waals surface area contributed by atoms with E-state index in [9.17, 15) is 24.8 Å². The van der Waals surface area contributed by atoms with Gasteiger partial charge in [-0.15, -0.1) is 0 Å². The first-order valence-electron chi connectivity index (χ1n) is 9.80. The van der Waals surface area contributed by atoms with Crippen molar-refractivity contribution in [3.05, 3.63) is 71.3 Å². The number of carboxylic acid groups (broad SMARTS) is 1. The van der Waals surface area contributed by atoms with Crippen LogP contribution in [0.4, 0.5) is 4.79 Å². The van der Waals surface area contributed by atoms with Gasteiger partial charge in [-0.2, -0.15) is 5.26 Å². The maximum absolute atomic E-state index is 12.7. The highest BCUT2D eigenvalue weighted by molar-refractivity contribution is 5.89. The first-order chi connectivity index (χ1) is 14.8. The van der Waals surface area contributed by atoms with E-state index in [-0.39, 0.29) is 18.9 Å². The molecule has 2 aromatic rings. The molecule has 31 heavy (non-hydrogen) atoms. The number of nitrogens with one attached hydrogen (secondary N) is 2. The second-order valence-corrected chi connectivity index (χ2v) is 7.30. The average molecular weight is 423 g/mol. The number of carbonyl (C=O) groups excluding carboxylic acids is 2. The molecule has 0 aliphatic rings. The van der Waals surface area contributed by atoms with Gasteiger partial charge in [0, 0.05) is 6.42 Å². The molecule has 0 radical (unpaired) electrons. The summed E-state index contributed by atoms with van der Waals surface area (Å²) in [6, 6.07) is 15.4. The molecule has 0 heterocycles. The monoisotopic (exact) mass is 423 g/mol. The van der Waals surface area contributed by atoms with Crippen molar-refractivity contribution in [3.8, 4) is 6.07 Å². The van der Waals surface area contributed by atoms with Crippen LogP contribution < -0.4 is 10.6 Å². The fourth-order valence-electron chi connectivity index (χ4n) is 2.92. The second kappa shape index (κ2) is 11.4. The molecule has 0 unspecified atom stereocenters. The van der Waals surface area contributed by atoms with E-state index in [2.05, 4.69) is 10.6 Å². The number of hydrogen-bond acceptors (Lipinski definition) is 5. The van der Waals surface area contributed by atoms with Crippen molar-refractivity contribution < 1.29 is 24.2 Å². The van der Waals surface area contributed by atoms with Gasteiger partial charge >= 0.3 is 12.1 Å². The molecule has 2 amide bonds. The van der Waals surface area contributed by atoms with Gasteiger partial charge in [-0.3, -0.25) is 4.79 Å². The average Bonchev–Trinajstić information content (AvgIpc) is 2.76. The van der Waals surface area contributed by atoms with Crippen molar-refractivity contribution in [2.24, 2.45) is 5.92 Å². The van der Waals surface area contributed by atoms with Crippen LogP contribution >= 0.6 is 0 Å². The molecule has 2 atom stereocenters. The summed E-state index contributed by atoms with van der Waals surface area (Å²) in [5.41, 5.74) is 1.64. The van der Waals surface area contributed by atoms with Crippen molar-refractivity contribution >= 4 is 18.0 Å². The van der Waals surface area contributed by atoms with E-state index in [0.29, 0.717) is 11.1 Å². The summed E-state index contributed by atoms with van der Waals surface area (Å²) in [5, 5.41) is 23.7. The summed E-state index contributed by atoms with van der Waals surface area (Å²) in [6.45, 7) is 3.49. The Labute approximate surface area is 180 Å². The van der Waals surface area contributed by atoms with Crippen LogP contribution in [0.2, 0.25) is 0 Å². The second-order valence-electron chi connectivity index (χ2n) is 7.30. The van der Waals surface area contributed by atoms with E-state index < -0.39 is 30.1 Å². The van der Waals surface area contributed by atoms with Crippen molar-refractivity contribution in [2.45, 2.75) is 39.0 Å². The molecule has 2 rings (SSSR count). The molecule has 0 aliphatic heterocycles. The lowest BCUT2D eigenvalue weighted by Gasteiger charge is -2.24. The molecule has 8 heteroatoms. The smallest absolute Gasteiger partial charge is 0.408 e. The van der Waals surface area contributed by atoms with Crippen LogP contribution in [0.1, 0.15) is 30.5 Å². The Bertz CT molecular complexity index is 953. The van der Waals surface area contributed by atoms with Gasteiger partial charge in [0.15, 0.2) is 0 Å². The summed E-state index contributed by atoms with van der Waals surface area (Å²) in [7, 11) is 0. The molecule has 0 spiro atoms. The highest BCUT2D eigenvalue weighted by Gasteiger charge is 2.29. The van der Waals surface area contributed by atoms with Gasteiger partial charge in [0.05, 0.1) is 11.6 Å². The normalized spacial score (nSPS) is 12.3. The molecule has 0 saturated carbocycles. The number of hydrogen-bond donors (Lipinski definition) is 3. The van der Waals surface area contributed by atoms with Crippen molar-refractivity contribution in [1.82, 2.24) is 10.6 Å². The molecular weight excluding hydrogens is 398 g/mol. The molecule has 0 aromatic heterocycles. The zero-order valence-electron chi connectivity index (χ0n) is 17.4. The van der Waals surface area contributed by atoms with E-state index in [1.54, 1.807) is 50.2 Å². The Morgan fingerprint density at radius 3 is 2.29 bits per heavy atom. The van der Waals surface area contributed by atoms with Gasteiger partial charge in [0.1, 0.15) is 18.7 Å². The third kappa shape index (κ3) is 7.16. The lowest BCUT2D eigenvalue weighted by molar-refractivity contribution is -0.142. The van der Waals surface area contributed by atoms with E-state index in [4.69, 9.17) is 4.74 Å². The van der Waals surface area contributed by atoms with Crippen LogP contribution in [0.15, 0.2) is 54.6 Å². The number of nitrogens with zero attached hydrogens (tertiary/aromatic N) is 1. The summed E-state index contributed by atoms with van der Waals surface area (Å²) >= 11 is 0. The van der Waals surface area contributed by atoms with Crippen LogP contribution in [0.5, 0.6) is 0 Å². The number of ether oxygens (including phenoxy) is 1. The lowest BCUT2D eigenvalue weighted by Crippen LogP contribution is -2.54. The van der Waals surface area contributed by atoms with Crippen LogP contribution in [0.25, 0.3) is 0 Å². The fraction of sp³-hybridized carbons (Fsp3) is 0.304. The molecule has 0 bridgehead atoms. The number of carbonyl (C=O) groups is 3. The first-order valence-corrected chi connectivity index (χ1v) is 9.80. The van der Waals surface area contributed by atoms with Crippen LogP contribution in [-0.2, 0) is 27.4 Å². The molecule has 2 aromatic carbocycles. The molecule has 0 aliphatic carbocycles. The van der Waals surface area contributed by atoms with Crippen LogP contribution in [0, 0.1) is 17.2 Å². The quantitative estimate of drug-likeness (QED) is 0.569. The number of nitriles is 1. The molecule has 8 nitrogen and oxygen atoms in total. The van der Waals surface area contributed by atoms with E-state index in [1.807, 2.05) is 24.3 Å². The van der Waals surface area contributed by atoms with Gasteiger partial charge in [0.25, 0.3) is 0 Å². The topological polar surface area (TPSA) is 129 Å². The number of rotatable bonds is 9. The molecular formula is C23H25N3O5. The highest BCUT2D eigenvalue weighted by Crippen LogP contribution is 2.11. The van der Waals surface area contributed by atoms with Gasteiger partial charge in [0.2, 0.25) is 5.91 Å². The number of carboxylic acids is 1. The first kappa shape index (κ1) is 23.4. The third-order valence-electron chi connectivity index (χ3n) is 4.61. The van der Waals surface area contributed by atoms with Crippen molar-refractivity contribution in [3.63, 3.8) is 0 Å². The van der Waals surface area contributed by atoms with Crippen molar-refractivity contribution in [2.75, 3.05) is 0 Å². The summed E-state index contributed by atoms with van der Waals surface area (Å²) in [6.07, 6.45) is -0.840. The minimum atomic E-state index is -1.26. The predicted octanol–water partition coefficient (Wildman–Crippen LogP) is 2.62. The number of benzene rings is 2. The van der Waals surface area contributed by atoms with E-state index in [1.165, 1.54) is 0 Å². The lowest BCUT2D eigenvalue weighted by atomic mass is 9.99. The zero-order chi connectivity index (χ0) is 22.8. The Hall–Kier alpha value is -3.86. The number of alkyl carbamates (subject to hydrolysis) is 1. The van der Waals surface area contributed by atoms with Crippen LogP contribution in [-0.4, -0.2) is 35.2 Å². The Morgan fingerprint density at radius 1 is 1.03 bits per heavy atom. The SMILES string of the molecule is CC(C)[C@@H](NC(=O)OCc1ccccc1)C(=O)N[C@H](Cc1ccccc1C#N)C(=O)O. The summed E-state index contributed by atoms with van der Waals surface area (Å²) < 4.78 is 5.15. The zero-order valence-corrected chi connectivity index (χ0v) is 17.4. The maximum Gasteiger partial charge on any atom is 0.408 e. The van der Waals surface area contributed by atoms with E-state index >= 15 is 0 Å². The maximum atomic E-state index is 12.7. The Morgan fingerprint density at radius 2 is 1.68 bits per heavy atom. The summed E-state index contributed by atoms with van der Waals surface area (Å²) in [4.78, 5) is 36.6. The molecule has 3 N–H and O–H groups in total. The van der Waals surface area contributed by atoms with Crippen LogP contribution in [0.3, 0.4) is 0 Å². The van der Waals surface area contributed by atoms with Gasteiger partial charge in [-0.05, 0) is 23.1 Å². The molecule has 162 valence electrons. The number of amides is 2. The minimum Gasteiger partial charge on any atom is -0.480 e. The van der Waals surface area contributed by atoms with Gasteiger partial charge < -0.3 is 20.5 Å². The minimum absolute atomic E-state index is 0.0435. The third-order valence-corrected chi connectivity index (χ3v) is 4.61. The Kier molecular flexibility index (Phi) is 8.58. The predicted molar refractivity (Wildman–Crippen MR) is 113 cm³/mol. The van der Waals surface area contributed by atoms with Crippen molar-refractivity contribution in [1.29, 1.82) is 5.26 Å². The standard InChI is InChI=1S/C23H25N3O5/c1-15(2)20(26-23(30)31-14-16-8-4-3-5-9-16)21(27)25-19(22(28)29)12-17-10-6-7-11-18(17)13-24/h3-11,15,19-20H,12,14H2,1-2H3,(H,25,27)(H,26,30)(H,28,29)/t19-,20-/m1/s1. The summed E-state index contributed by atoms with van der Waals surface area (Å²) in [5.74, 6) is -2.20. The fourth-order valence-corrected chi connectivity index (χ4v) is 2.92.